The smallest absolute Gasteiger partial charge is 0.123 e. The fraction of sp³-hybridized carbons (Fsp3) is 0.625. The molecule has 1 fully saturated rings. The predicted molar refractivity (Wildman–Crippen MR) is 80.3 cm³/mol. The number of nitrogen functional groups attached to an aromatic ring is 1. The lowest BCUT2D eigenvalue weighted by Crippen LogP contribution is -2.39. The van der Waals surface area contributed by atoms with Gasteiger partial charge in [-0.3, -0.25) is 4.90 Å². The maximum Gasteiger partial charge on any atom is 0.123 e. The first-order valence-corrected chi connectivity index (χ1v) is 7.24. The summed E-state index contributed by atoms with van der Waals surface area (Å²) in [6.07, 6.45) is 2.60. The van der Waals surface area contributed by atoms with Crippen LogP contribution in [-0.2, 0) is 6.54 Å². The van der Waals surface area contributed by atoms with E-state index in [0.717, 1.165) is 24.5 Å². The lowest BCUT2D eigenvalue weighted by atomic mass is 9.84. The zero-order chi connectivity index (χ0) is 13.9. The number of rotatable bonds is 4. The Hall–Kier alpha value is -1.22. The van der Waals surface area contributed by atoms with Crippen LogP contribution in [0.5, 0.6) is 5.75 Å². The minimum Gasteiger partial charge on any atom is -0.494 e. The summed E-state index contributed by atoms with van der Waals surface area (Å²) < 4.78 is 5.70. The number of hydrogen-bond donors (Lipinski definition) is 1. The number of nitrogens with two attached hydrogens (primary N) is 1. The SMILES string of the molecule is CCOc1ccc(N)cc1CN1CCCC(C)(C)C1. The van der Waals surface area contributed by atoms with Crippen LogP contribution < -0.4 is 10.5 Å². The van der Waals surface area contributed by atoms with Crippen LogP contribution in [0.3, 0.4) is 0 Å². The van der Waals surface area contributed by atoms with Gasteiger partial charge in [0, 0.05) is 24.3 Å². The molecule has 0 spiro atoms. The van der Waals surface area contributed by atoms with Gasteiger partial charge in [-0.25, -0.2) is 0 Å². The highest BCUT2D eigenvalue weighted by Crippen LogP contribution is 2.31. The lowest BCUT2D eigenvalue weighted by molar-refractivity contribution is 0.110. The monoisotopic (exact) mass is 262 g/mol. The molecule has 1 aliphatic rings. The number of piperidine rings is 1. The molecule has 2 rings (SSSR count). The van der Waals surface area contributed by atoms with Gasteiger partial charge in [-0.05, 0) is 49.9 Å². The molecule has 1 aromatic rings. The molecule has 0 amide bonds. The van der Waals surface area contributed by atoms with E-state index in [0.29, 0.717) is 12.0 Å². The average molecular weight is 262 g/mol. The summed E-state index contributed by atoms with van der Waals surface area (Å²) in [5, 5.41) is 0. The molecule has 0 atom stereocenters. The highest BCUT2D eigenvalue weighted by atomic mass is 16.5. The predicted octanol–water partition coefficient (Wildman–Crippen LogP) is 3.29. The van der Waals surface area contributed by atoms with Crippen LogP contribution in [0.1, 0.15) is 39.2 Å². The van der Waals surface area contributed by atoms with Gasteiger partial charge in [-0.2, -0.15) is 0 Å². The molecule has 1 heterocycles. The number of benzene rings is 1. The molecule has 0 bridgehead atoms. The van der Waals surface area contributed by atoms with Crippen LogP contribution in [0.25, 0.3) is 0 Å². The quantitative estimate of drug-likeness (QED) is 0.846. The average Bonchev–Trinajstić information content (AvgIpc) is 2.31. The van der Waals surface area contributed by atoms with Gasteiger partial charge in [0.2, 0.25) is 0 Å². The Morgan fingerprint density at radius 1 is 1.37 bits per heavy atom. The van der Waals surface area contributed by atoms with Gasteiger partial charge < -0.3 is 10.5 Å². The summed E-state index contributed by atoms with van der Waals surface area (Å²) in [5.74, 6) is 0.972. The molecule has 0 aromatic heterocycles. The Bertz CT molecular complexity index is 429. The first-order valence-electron chi connectivity index (χ1n) is 7.24. The van der Waals surface area contributed by atoms with Gasteiger partial charge in [-0.15, -0.1) is 0 Å². The normalized spacial score (nSPS) is 19.3. The topological polar surface area (TPSA) is 38.5 Å². The van der Waals surface area contributed by atoms with E-state index in [1.54, 1.807) is 0 Å². The number of nitrogens with zero attached hydrogens (tertiary/aromatic N) is 1. The standard InChI is InChI=1S/C16H26N2O/c1-4-19-15-7-6-14(17)10-13(15)11-18-9-5-8-16(2,3)12-18/h6-7,10H,4-5,8-9,11-12,17H2,1-3H3. The molecule has 0 radical (unpaired) electrons. The minimum absolute atomic E-state index is 0.421. The van der Waals surface area contributed by atoms with Crippen molar-refractivity contribution in [1.82, 2.24) is 4.90 Å². The Balaban J connectivity index is 2.11. The molecular weight excluding hydrogens is 236 g/mol. The number of anilines is 1. The van der Waals surface area contributed by atoms with Crippen molar-refractivity contribution in [3.05, 3.63) is 23.8 Å². The van der Waals surface area contributed by atoms with Crippen LogP contribution in [0.2, 0.25) is 0 Å². The Labute approximate surface area is 116 Å². The summed E-state index contributed by atoms with van der Waals surface area (Å²) in [7, 11) is 0. The van der Waals surface area contributed by atoms with Crippen LogP contribution in [0.15, 0.2) is 18.2 Å². The van der Waals surface area contributed by atoms with E-state index in [4.69, 9.17) is 10.5 Å². The Morgan fingerprint density at radius 2 is 2.16 bits per heavy atom. The molecular formula is C16H26N2O. The molecule has 106 valence electrons. The molecule has 1 aliphatic heterocycles. The van der Waals surface area contributed by atoms with Crippen LogP contribution in [0.4, 0.5) is 5.69 Å². The first-order chi connectivity index (χ1) is 9.00. The van der Waals surface area contributed by atoms with Crippen molar-refractivity contribution in [2.24, 2.45) is 5.41 Å². The maximum absolute atomic E-state index is 5.91. The van der Waals surface area contributed by atoms with Crippen LogP contribution in [0, 0.1) is 5.41 Å². The van der Waals surface area contributed by atoms with Crippen molar-refractivity contribution in [3.8, 4) is 5.75 Å². The van der Waals surface area contributed by atoms with Crippen LogP contribution >= 0.6 is 0 Å². The molecule has 1 saturated heterocycles. The maximum atomic E-state index is 5.91. The van der Waals surface area contributed by atoms with E-state index in [1.165, 1.54) is 24.9 Å². The van der Waals surface area contributed by atoms with E-state index in [-0.39, 0.29) is 0 Å². The first kappa shape index (κ1) is 14.2. The molecule has 0 saturated carbocycles. The van der Waals surface area contributed by atoms with Crippen LogP contribution in [-0.4, -0.2) is 24.6 Å². The Morgan fingerprint density at radius 3 is 2.84 bits per heavy atom. The number of ether oxygens (including phenoxy) is 1. The van der Waals surface area contributed by atoms with Crippen molar-refractivity contribution < 1.29 is 4.74 Å². The second-order valence-corrected chi connectivity index (χ2v) is 6.28. The molecule has 19 heavy (non-hydrogen) atoms. The third-order valence-electron chi connectivity index (χ3n) is 3.76. The zero-order valence-electron chi connectivity index (χ0n) is 12.4. The molecule has 3 heteroatoms. The van der Waals surface area contributed by atoms with Gasteiger partial charge in [0.25, 0.3) is 0 Å². The van der Waals surface area contributed by atoms with Crippen molar-refractivity contribution in [2.45, 2.75) is 40.2 Å². The molecule has 0 unspecified atom stereocenters. The fourth-order valence-electron chi connectivity index (χ4n) is 2.94. The summed E-state index contributed by atoms with van der Waals surface area (Å²) in [5.41, 5.74) is 8.35. The number of hydrogen-bond acceptors (Lipinski definition) is 3. The fourth-order valence-corrected chi connectivity index (χ4v) is 2.94. The molecule has 0 aliphatic carbocycles. The van der Waals surface area contributed by atoms with Gasteiger partial charge in [-0.1, -0.05) is 13.8 Å². The second kappa shape index (κ2) is 5.83. The summed E-state index contributed by atoms with van der Waals surface area (Å²) >= 11 is 0. The van der Waals surface area contributed by atoms with Crippen molar-refractivity contribution in [2.75, 3.05) is 25.4 Å². The molecule has 2 N–H and O–H groups in total. The van der Waals surface area contributed by atoms with Gasteiger partial charge >= 0.3 is 0 Å². The Kier molecular flexibility index (Phi) is 4.35. The van der Waals surface area contributed by atoms with E-state index < -0.39 is 0 Å². The third kappa shape index (κ3) is 3.87. The molecule has 3 nitrogen and oxygen atoms in total. The zero-order valence-corrected chi connectivity index (χ0v) is 12.4. The highest BCUT2D eigenvalue weighted by Gasteiger charge is 2.26. The van der Waals surface area contributed by atoms with Gasteiger partial charge in [0.05, 0.1) is 6.61 Å². The van der Waals surface area contributed by atoms with E-state index in [9.17, 15) is 0 Å². The van der Waals surface area contributed by atoms with Crippen molar-refractivity contribution in [3.63, 3.8) is 0 Å². The highest BCUT2D eigenvalue weighted by molar-refractivity contribution is 5.47. The van der Waals surface area contributed by atoms with E-state index in [1.807, 2.05) is 25.1 Å². The van der Waals surface area contributed by atoms with E-state index in [2.05, 4.69) is 18.7 Å². The minimum atomic E-state index is 0.421. The largest absolute Gasteiger partial charge is 0.494 e. The number of likely N-dealkylation sites (tertiary alicyclic amines) is 1. The van der Waals surface area contributed by atoms with E-state index >= 15 is 0 Å². The van der Waals surface area contributed by atoms with Gasteiger partial charge in [0.15, 0.2) is 0 Å². The third-order valence-corrected chi connectivity index (χ3v) is 3.76. The summed E-state index contributed by atoms with van der Waals surface area (Å²) in [6, 6.07) is 5.95. The van der Waals surface area contributed by atoms with Gasteiger partial charge in [0.1, 0.15) is 5.75 Å². The van der Waals surface area contributed by atoms with Crippen molar-refractivity contribution in [1.29, 1.82) is 0 Å². The van der Waals surface area contributed by atoms with Crippen molar-refractivity contribution >= 4 is 5.69 Å². The summed E-state index contributed by atoms with van der Waals surface area (Å²) in [4.78, 5) is 2.51. The lowest BCUT2D eigenvalue weighted by Gasteiger charge is -2.38. The molecule has 1 aromatic carbocycles. The summed E-state index contributed by atoms with van der Waals surface area (Å²) in [6.45, 7) is 10.7. The second-order valence-electron chi connectivity index (χ2n) is 6.28.